The molecule has 11 atom stereocenters. The van der Waals surface area contributed by atoms with Crippen molar-refractivity contribution in [1.29, 1.82) is 0 Å². The minimum absolute atomic E-state index is 0.0849. The Hall–Kier alpha value is -0.870. The number of allylic oxidation sites excluding steroid dienone is 1. The van der Waals surface area contributed by atoms with Crippen LogP contribution in [0, 0.1) is 46.3 Å². The molecule has 184 valence electrons. The number of carbonyl (C=O) groups excluding carboxylic acids is 1. The lowest BCUT2D eigenvalue weighted by Gasteiger charge is -2.58. The molecule has 4 heteroatoms. The molecule has 0 radical (unpaired) electrons. The van der Waals surface area contributed by atoms with Crippen LogP contribution in [0.5, 0.6) is 0 Å². The molecule has 1 spiro atoms. The van der Waals surface area contributed by atoms with Gasteiger partial charge in [-0.15, -0.1) is 0 Å². The van der Waals surface area contributed by atoms with Crippen LogP contribution in [0.25, 0.3) is 0 Å². The second-order valence-electron chi connectivity index (χ2n) is 13.3. The molecule has 0 aromatic rings. The molecule has 4 aliphatic carbocycles. The Labute approximate surface area is 200 Å². The summed E-state index contributed by atoms with van der Waals surface area (Å²) in [5, 5.41) is 0. The molecule has 6 rings (SSSR count). The second kappa shape index (κ2) is 7.56. The third-order valence-electron chi connectivity index (χ3n) is 11.7. The van der Waals surface area contributed by atoms with Crippen LogP contribution in [-0.4, -0.2) is 30.6 Å². The smallest absolute Gasteiger partial charge is 0.302 e. The van der Waals surface area contributed by atoms with Crippen molar-refractivity contribution in [1.82, 2.24) is 0 Å². The summed E-state index contributed by atoms with van der Waals surface area (Å²) in [5.41, 5.74) is 2.24. The highest BCUT2D eigenvalue weighted by atomic mass is 16.7. The molecule has 0 N–H and O–H groups in total. The number of hydrogen-bond acceptors (Lipinski definition) is 4. The standard InChI is InChI=1S/C29H44O4/c1-17-8-13-29(31-16-17)18(2)26-25(33-29)15-24-22-7-6-20-14-21(32-19(3)30)9-11-27(20,4)23(22)10-12-28(24,26)5/h6,17-18,21-26H,7-16H2,1-5H3/t17-,18-,21+,22-,23+,24+,25+,26+,27+,28+,29+/m1/s1. The molecule has 2 heterocycles. The zero-order valence-electron chi connectivity index (χ0n) is 21.4. The van der Waals surface area contributed by atoms with Crippen molar-refractivity contribution in [3.8, 4) is 0 Å². The Morgan fingerprint density at radius 3 is 2.64 bits per heavy atom. The van der Waals surface area contributed by atoms with E-state index in [1.807, 2.05) is 0 Å². The monoisotopic (exact) mass is 456 g/mol. The minimum Gasteiger partial charge on any atom is -0.462 e. The van der Waals surface area contributed by atoms with Gasteiger partial charge in [0.25, 0.3) is 0 Å². The molecule has 4 nitrogen and oxygen atoms in total. The predicted molar refractivity (Wildman–Crippen MR) is 127 cm³/mol. The summed E-state index contributed by atoms with van der Waals surface area (Å²) in [6.07, 6.45) is 13.6. The maximum atomic E-state index is 11.5. The number of ether oxygens (including phenoxy) is 3. The maximum Gasteiger partial charge on any atom is 0.302 e. The number of hydrogen-bond donors (Lipinski definition) is 0. The first kappa shape index (κ1) is 22.6. The summed E-state index contributed by atoms with van der Waals surface area (Å²) in [6, 6.07) is 0. The third-order valence-corrected chi connectivity index (χ3v) is 11.7. The largest absolute Gasteiger partial charge is 0.462 e. The van der Waals surface area contributed by atoms with E-state index in [2.05, 4.69) is 33.8 Å². The van der Waals surface area contributed by atoms with Gasteiger partial charge in [0, 0.05) is 25.7 Å². The lowest BCUT2D eigenvalue weighted by molar-refractivity contribution is -0.272. The van der Waals surface area contributed by atoms with Gasteiger partial charge in [-0.1, -0.05) is 39.3 Å². The van der Waals surface area contributed by atoms with E-state index >= 15 is 0 Å². The van der Waals surface area contributed by atoms with Crippen molar-refractivity contribution in [2.75, 3.05) is 6.61 Å². The van der Waals surface area contributed by atoms with Gasteiger partial charge in [-0.3, -0.25) is 4.79 Å². The van der Waals surface area contributed by atoms with Crippen LogP contribution >= 0.6 is 0 Å². The number of rotatable bonds is 1. The highest BCUT2D eigenvalue weighted by Gasteiger charge is 2.68. The topological polar surface area (TPSA) is 44.8 Å². The van der Waals surface area contributed by atoms with Gasteiger partial charge < -0.3 is 14.2 Å². The van der Waals surface area contributed by atoms with E-state index in [9.17, 15) is 4.79 Å². The molecule has 6 aliphatic rings. The van der Waals surface area contributed by atoms with E-state index in [1.54, 1.807) is 12.5 Å². The predicted octanol–water partition coefficient (Wildman–Crippen LogP) is 6.28. The number of carbonyl (C=O) groups is 1. The van der Waals surface area contributed by atoms with Crippen LogP contribution in [0.3, 0.4) is 0 Å². The van der Waals surface area contributed by atoms with Crippen LogP contribution < -0.4 is 0 Å². The summed E-state index contributed by atoms with van der Waals surface area (Å²) in [4.78, 5) is 11.5. The third kappa shape index (κ3) is 3.18. The molecular formula is C29H44O4. The molecule has 2 aliphatic heterocycles. The average molecular weight is 457 g/mol. The van der Waals surface area contributed by atoms with Gasteiger partial charge in [0.2, 0.25) is 0 Å². The Balaban J connectivity index is 1.24. The summed E-state index contributed by atoms with van der Waals surface area (Å²) in [5.74, 6) is 3.64. The molecule has 2 saturated heterocycles. The van der Waals surface area contributed by atoms with Crippen LogP contribution in [0.15, 0.2) is 11.6 Å². The van der Waals surface area contributed by atoms with Crippen LogP contribution in [0.4, 0.5) is 0 Å². The van der Waals surface area contributed by atoms with E-state index < -0.39 is 0 Å². The van der Waals surface area contributed by atoms with E-state index in [0.717, 1.165) is 50.0 Å². The van der Waals surface area contributed by atoms with E-state index in [0.29, 0.717) is 29.3 Å². The van der Waals surface area contributed by atoms with E-state index in [-0.39, 0.29) is 23.3 Å². The second-order valence-corrected chi connectivity index (χ2v) is 13.3. The van der Waals surface area contributed by atoms with Crippen LogP contribution in [0.2, 0.25) is 0 Å². The van der Waals surface area contributed by atoms with Gasteiger partial charge >= 0.3 is 5.97 Å². The quantitative estimate of drug-likeness (QED) is 0.344. The van der Waals surface area contributed by atoms with Crippen molar-refractivity contribution in [3.05, 3.63) is 11.6 Å². The Kier molecular flexibility index (Phi) is 5.18. The SMILES string of the molecule is CC(=O)O[C@H]1CC[C@@]2(C)C(=CC[C@H]3[C@@H]4C[C@@H]5O[C@@]6(CC[C@@H](C)CO6)[C@H](C)[C@@H]5[C@@]4(C)CC[C@@H]32)C1. The van der Waals surface area contributed by atoms with Crippen molar-refractivity contribution in [2.45, 2.75) is 110 Å². The maximum absolute atomic E-state index is 11.5. The molecule has 33 heavy (non-hydrogen) atoms. The molecule has 3 saturated carbocycles. The fourth-order valence-corrected chi connectivity index (χ4v) is 9.98. The first-order chi connectivity index (χ1) is 15.7. The summed E-state index contributed by atoms with van der Waals surface area (Å²) >= 11 is 0. The highest BCUT2D eigenvalue weighted by molar-refractivity contribution is 5.66. The Bertz CT molecular complexity index is 841. The summed E-state index contributed by atoms with van der Waals surface area (Å²) < 4.78 is 19.0. The summed E-state index contributed by atoms with van der Waals surface area (Å²) in [7, 11) is 0. The molecule has 5 fully saturated rings. The number of fused-ring (bicyclic) bond motifs is 7. The molecular weight excluding hydrogens is 412 g/mol. The fourth-order valence-electron chi connectivity index (χ4n) is 9.98. The Morgan fingerprint density at radius 1 is 1.09 bits per heavy atom. The lowest BCUT2D eigenvalue weighted by Crippen LogP contribution is -2.52. The fraction of sp³-hybridized carbons (Fsp3) is 0.897. The van der Waals surface area contributed by atoms with Crippen molar-refractivity contribution >= 4 is 5.97 Å². The van der Waals surface area contributed by atoms with Gasteiger partial charge in [0.05, 0.1) is 12.7 Å². The van der Waals surface area contributed by atoms with Crippen LogP contribution in [-0.2, 0) is 19.0 Å². The Morgan fingerprint density at radius 2 is 1.91 bits per heavy atom. The highest BCUT2D eigenvalue weighted by Crippen LogP contribution is 2.70. The lowest BCUT2D eigenvalue weighted by atomic mass is 9.47. The van der Waals surface area contributed by atoms with E-state index in [1.165, 1.54) is 32.1 Å². The minimum atomic E-state index is -0.312. The van der Waals surface area contributed by atoms with Crippen molar-refractivity contribution in [3.63, 3.8) is 0 Å². The van der Waals surface area contributed by atoms with Gasteiger partial charge in [-0.2, -0.15) is 0 Å². The molecule has 0 bridgehead atoms. The normalized spacial score (nSPS) is 55.2. The zero-order chi connectivity index (χ0) is 23.2. The van der Waals surface area contributed by atoms with Crippen LogP contribution in [0.1, 0.15) is 92.4 Å². The first-order valence-electron chi connectivity index (χ1n) is 13.8. The summed E-state index contributed by atoms with van der Waals surface area (Å²) in [6.45, 7) is 12.3. The van der Waals surface area contributed by atoms with E-state index in [4.69, 9.17) is 14.2 Å². The van der Waals surface area contributed by atoms with Gasteiger partial charge in [-0.25, -0.2) is 0 Å². The molecule has 0 unspecified atom stereocenters. The first-order valence-corrected chi connectivity index (χ1v) is 13.8. The average Bonchev–Trinajstić information content (AvgIpc) is 3.21. The molecule has 0 amide bonds. The molecule has 0 aromatic carbocycles. The van der Waals surface area contributed by atoms with Crippen molar-refractivity contribution < 1.29 is 19.0 Å². The molecule has 0 aromatic heterocycles. The number of esters is 1. The van der Waals surface area contributed by atoms with Crippen molar-refractivity contribution in [2.24, 2.45) is 46.3 Å². The van der Waals surface area contributed by atoms with Gasteiger partial charge in [0.1, 0.15) is 6.10 Å². The van der Waals surface area contributed by atoms with Gasteiger partial charge in [-0.05, 0) is 85.4 Å². The van der Waals surface area contributed by atoms with Gasteiger partial charge in [0.15, 0.2) is 5.79 Å². The zero-order valence-corrected chi connectivity index (χ0v) is 21.4.